The van der Waals surface area contributed by atoms with Crippen LogP contribution in [0.3, 0.4) is 0 Å². The zero-order chi connectivity index (χ0) is 14.3. The molecule has 0 radical (unpaired) electrons. The van der Waals surface area contributed by atoms with Crippen LogP contribution in [0.2, 0.25) is 5.02 Å². The first kappa shape index (κ1) is 15.4. The molecule has 0 fully saturated rings. The summed E-state index contributed by atoms with van der Waals surface area (Å²) in [6.45, 7) is 2.92. The molecule has 1 amide bonds. The predicted octanol–water partition coefficient (Wildman–Crippen LogP) is 1.86. The Morgan fingerprint density at radius 1 is 1.47 bits per heavy atom. The molecular weight excluding hydrogens is 270 g/mol. The van der Waals surface area contributed by atoms with Crippen molar-refractivity contribution in [3.8, 4) is 0 Å². The molecule has 1 aromatic carbocycles. The molecule has 2 N–H and O–H groups in total. The van der Waals surface area contributed by atoms with Gasteiger partial charge in [-0.3, -0.25) is 14.9 Å². The van der Waals surface area contributed by atoms with Crippen LogP contribution >= 0.6 is 11.6 Å². The summed E-state index contributed by atoms with van der Waals surface area (Å²) >= 11 is 5.80. The minimum atomic E-state index is -0.468. The molecule has 0 spiro atoms. The normalized spacial score (nSPS) is 10.2. The maximum atomic E-state index is 11.3. The lowest BCUT2D eigenvalue weighted by atomic mass is 10.2. The van der Waals surface area contributed by atoms with Crippen LogP contribution in [0.25, 0.3) is 0 Å². The van der Waals surface area contributed by atoms with Crippen molar-refractivity contribution in [1.29, 1.82) is 0 Å². The van der Waals surface area contributed by atoms with E-state index in [0.29, 0.717) is 17.1 Å². The van der Waals surface area contributed by atoms with Crippen molar-refractivity contribution in [2.75, 3.05) is 13.1 Å². The van der Waals surface area contributed by atoms with Crippen molar-refractivity contribution in [2.45, 2.75) is 19.9 Å². The topological polar surface area (TPSA) is 84.3 Å². The molecule has 0 unspecified atom stereocenters. The highest BCUT2D eigenvalue weighted by Gasteiger charge is 2.13. The van der Waals surface area contributed by atoms with Gasteiger partial charge in [-0.15, -0.1) is 0 Å². The molecule has 19 heavy (non-hydrogen) atoms. The maximum absolute atomic E-state index is 11.3. The van der Waals surface area contributed by atoms with Crippen LogP contribution in [-0.4, -0.2) is 23.9 Å². The van der Waals surface area contributed by atoms with E-state index < -0.39 is 4.92 Å². The van der Waals surface area contributed by atoms with Gasteiger partial charge in [-0.2, -0.15) is 0 Å². The van der Waals surface area contributed by atoms with E-state index in [1.165, 1.54) is 18.2 Å². The Morgan fingerprint density at radius 3 is 2.84 bits per heavy atom. The minimum Gasteiger partial charge on any atom is -0.355 e. The number of carbonyl (C=O) groups is 1. The van der Waals surface area contributed by atoms with Gasteiger partial charge >= 0.3 is 0 Å². The molecule has 0 heterocycles. The standard InChI is InChI=1S/C12H16ClN3O3/c1-2-5-15-12(17)8-14-7-9-6-10(13)3-4-11(9)16(18)19/h3-4,6,14H,2,5,7-8H2,1H3,(H,15,17). The second-order valence-corrected chi connectivity index (χ2v) is 4.42. The smallest absolute Gasteiger partial charge is 0.273 e. The van der Waals surface area contributed by atoms with E-state index in [9.17, 15) is 14.9 Å². The van der Waals surface area contributed by atoms with Crippen LogP contribution in [0.4, 0.5) is 5.69 Å². The van der Waals surface area contributed by atoms with Crippen LogP contribution in [0, 0.1) is 10.1 Å². The molecule has 0 aliphatic rings. The Bertz CT molecular complexity index is 466. The minimum absolute atomic E-state index is 0.00846. The highest BCUT2D eigenvalue weighted by molar-refractivity contribution is 6.30. The summed E-state index contributed by atoms with van der Waals surface area (Å²) in [5.41, 5.74) is 0.451. The number of nitro benzene ring substituents is 1. The van der Waals surface area contributed by atoms with Crippen LogP contribution in [-0.2, 0) is 11.3 Å². The third kappa shape index (κ3) is 5.23. The molecule has 104 valence electrons. The summed E-state index contributed by atoms with van der Waals surface area (Å²) < 4.78 is 0. The van der Waals surface area contributed by atoms with Gasteiger partial charge in [-0.1, -0.05) is 18.5 Å². The Balaban J connectivity index is 2.55. The van der Waals surface area contributed by atoms with Crippen molar-refractivity contribution in [1.82, 2.24) is 10.6 Å². The summed E-state index contributed by atoms with van der Waals surface area (Å²) in [7, 11) is 0. The Kier molecular flexibility index (Phi) is 6.24. The fraction of sp³-hybridized carbons (Fsp3) is 0.417. The van der Waals surface area contributed by atoms with Crippen molar-refractivity contribution in [3.05, 3.63) is 38.9 Å². The summed E-state index contributed by atoms with van der Waals surface area (Å²) in [5.74, 6) is -0.133. The number of nitrogens with one attached hydrogen (secondary N) is 2. The molecule has 0 aliphatic carbocycles. The zero-order valence-electron chi connectivity index (χ0n) is 10.6. The lowest BCUT2D eigenvalue weighted by Crippen LogP contribution is -2.34. The Morgan fingerprint density at radius 2 is 2.21 bits per heavy atom. The largest absolute Gasteiger partial charge is 0.355 e. The highest BCUT2D eigenvalue weighted by Crippen LogP contribution is 2.22. The summed E-state index contributed by atoms with van der Waals surface area (Å²) in [6.07, 6.45) is 0.867. The molecule has 0 saturated carbocycles. The lowest BCUT2D eigenvalue weighted by molar-refractivity contribution is -0.385. The number of hydrogen-bond donors (Lipinski definition) is 2. The molecule has 6 nitrogen and oxygen atoms in total. The third-order valence-electron chi connectivity index (χ3n) is 2.41. The van der Waals surface area contributed by atoms with Crippen molar-refractivity contribution < 1.29 is 9.72 Å². The van der Waals surface area contributed by atoms with Gasteiger partial charge in [0.1, 0.15) is 0 Å². The SMILES string of the molecule is CCCNC(=O)CNCc1cc(Cl)ccc1[N+](=O)[O-]. The van der Waals surface area contributed by atoms with E-state index in [1.807, 2.05) is 6.92 Å². The van der Waals surface area contributed by atoms with Gasteiger partial charge in [-0.05, 0) is 18.6 Å². The molecular formula is C12H16ClN3O3. The number of halogens is 1. The monoisotopic (exact) mass is 285 g/mol. The summed E-state index contributed by atoms with van der Waals surface area (Å²) in [6, 6.07) is 4.35. The van der Waals surface area contributed by atoms with Gasteiger partial charge in [0, 0.05) is 29.7 Å². The van der Waals surface area contributed by atoms with E-state index in [0.717, 1.165) is 6.42 Å². The zero-order valence-corrected chi connectivity index (χ0v) is 11.4. The maximum Gasteiger partial charge on any atom is 0.273 e. The van der Waals surface area contributed by atoms with E-state index in [1.54, 1.807) is 0 Å². The second kappa shape index (κ2) is 7.70. The number of nitro groups is 1. The molecule has 0 atom stereocenters. The molecule has 1 aromatic rings. The second-order valence-electron chi connectivity index (χ2n) is 3.98. The molecule has 0 aromatic heterocycles. The number of amides is 1. The Hall–Kier alpha value is -1.66. The molecule has 0 bridgehead atoms. The van der Waals surface area contributed by atoms with Crippen LogP contribution in [0.1, 0.15) is 18.9 Å². The van der Waals surface area contributed by atoms with Gasteiger partial charge in [0.2, 0.25) is 5.91 Å². The van der Waals surface area contributed by atoms with Crippen LogP contribution < -0.4 is 10.6 Å². The lowest BCUT2D eigenvalue weighted by Gasteiger charge is -2.06. The van der Waals surface area contributed by atoms with E-state index in [-0.39, 0.29) is 24.7 Å². The summed E-state index contributed by atoms with van der Waals surface area (Å²) in [5, 5.41) is 16.8. The molecule has 0 saturated heterocycles. The van der Waals surface area contributed by atoms with Crippen molar-refractivity contribution in [2.24, 2.45) is 0 Å². The van der Waals surface area contributed by atoms with Crippen LogP contribution in [0.5, 0.6) is 0 Å². The van der Waals surface area contributed by atoms with Gasteiger partial charge in [0.05, 0.1) is 11.5 Å². The van der Waals surface area contributed by atoms with E-state index in [4.69, 9.17) is 11.6 Å². The van der Waals surface area contributed by atoms with E-state index in [2.05, 4.69) is 10.6 Å². The average Bonchev–Trinajstić information content (AvgIpc) is 2.36. The quantitative estimate of drug-likeness (QED) is 0.591. The van der Waals surface area contributed by atoms with Gasteiger partial charge in [0.25, 0.3) is 5.69 Å². The summed E-state index contributed by atoms with van der Waals surface area (Å²) in [4.78, 5) is 21.7. The average molecular weight is 286 g/mol. The molecule has 0 aliphatic heterocycles. The van der Waals surface area contributed by atoms with Crippen LogP contribution in [0.15, 0.2) is 18.2 Å². The molecule has 1 rings (SSSR count). The number of carbonyl (C=O) groups excluding carboxylic acids is 1. The first-order valence-electron chi connectivity index (χ1n) is 5.94. The number of benzene rings is 1. The fourth-order valence-electron chi connectivity index (χ4n) is 1.51. The van der Waals surface area contributed by atoms with Gasteiger partial charge < -0.3 is 10.6 Å². The first-order valence-corrected chi connectivity index (χ1v) is 6.32. The number of hydrogen-bond acceptors (Lipinski definition) is 4. The van der Waals surface area contributed by atoms with Gasteiger partial charge in [-0.25, -0.2) is 0 Å². The first-order chi connectivity index (χ1) is 9.04. The van der Waals surface area contributed by atoms with Crippen molar-refractivity contribution >= 4 is 23.2 Å². The predicted molar refractivity (Wildman–Crippen MR) is 73.1 cm³/mol. The van der Waals surface area contributed by atoms with Gasteiger partial charge in [0.15, 0.2) is 0 Å². The van der Waals surface area contributed by atoms with Crippen molar-refractivity contribution in [3.63, 3.8) is 0 Å². The fourth-order valence-corrected chi connectivity index (χ4v) is 1.71. The Labute approximate surface area is 116 Å². The number of nitrogens with zero attached hydrogens (tertiary/aromatic N) is 1. The van der Waals surface area contributed by atoms with E-state index >= 15 is 0 Å². The molecule has 7 heteroatoms. The highest BCUT2D eigenvalue weighted by atomic mass is 35.5. The third-order valence-corrected chi connectivity index (χ3v) is 2.65. The number of rotatable bonds is 7.